The summed E-state index contributed by atoms with van der Waals surface area (Å²) in [7, 11) is 3.08. The average Bonchev–Trinajstić information content (AvgIpc) is 3.29. The Labute approximate surface area is 198 Å². The van der Waals surface area contributed by atoms with Crippen LogP contribution in [0.25, 0.3) is 10.9 Å². The number of halogens is 1. The van der Waals surface area contributed by atoms with Crippen molar-refractivity contribution < 1.29 is 23.5 Å². The number of nitrogens with zero attached hydrogens (tertiary/aromatic N) is 5. The number of carbonyl (C=O) groups is 2. The van der Waals surface area contributed by atoms with E-state index in [0.717, 1.165) is 0 Å². The Bertz CT molecular complexity index is 1440. The first-order valence-electron chi connectivity index (χ1n) is 10.6. The first kappa shape index (κ1) is 22.2. The van der Waals surface area contributed by atoms with Crippen molar-refractivity contribution in [2.75, 3.05) is 25.7 Å². The number of hydrogen-bond acceptors (Lipinski definition) is 8. The second kappa shape index (κ2) is 8.97. The average molecular weight is 477 g/mol. The predicted octanol–water partition coefficient (Wildman–Crippen LogP) is 1.64. The predicted molar refractivity (Wildman–Crippen MR) is 122 cm³/mol. The highest BCUT2D eigenvalue weighted by atomic mass is 19.1. The molecule has 1 aliphatic rings. The molecule has 2 amide bonds. The standard InChI is InChI=1S/C23H20FN7O4/c1-31-17-8-14-15(25-11-26-22(14)34-2)9-18(17)35-10-16(23(31)33)27-21(32)20-28-19(29-30-20)7-12-4-3-5-13(24)6-12/h3-6,8-9,11,16H,7,10H2,1-2H3,(H,27,32)(H,28,29,30)/t16-/m0/s1. The molecule has 0 bridgehead atoms. The number of rotatable bonds is 5. The van der Waals surface area contributed by atoms with Gasteiger partial charge in [-0.15, -0.1) is 5.10 Å². The summed E-state index contributed by atoms with van der Waals surface area (Å²) < 4.78 is 24.6. The molecule has 35 heavy (non-hydrogen) atoms. The zero-order valence-electron chi connectivity index (χ0n) is 18.8. The highest BCUT2D eigenvalue weighted by Gasteiger charge is 2.32. The minimum atomic E-state index is -0.985. The zero-order chi connectivity index (χ0) is 24.5. The fraction of sp³-hybridized carbons (Fsp3) is 0.217. The number of hydrogen-bond donors (Lipinski definition) is 2. The molecule has 0 spiro atoms. The molecule has 0 saturated carbocycles. The lowest BCUT2D eigenvalue weighted by atomic mass is 10.1. The van der Waals surface area contributed by atoms with Gasteiger partial charge in [-0.05, 0) is 23.8 Å². The van der Waals surface area contributed by atoms with Gasteiger partial charge in [0.1, 0.15) is 36.4 Å². The highest BCUT2D eigenvalue weighted by molar-refractivity contribution is 6.04. The fourth-order valence-electron chi connectivity index (χ4n) is 3.83. The van der Waals surface area contributed by atoms with Gasteiger partial charge in [-0.2, -0.15) is 0 Å². The van der Waals surface area contributed by atoms with E-state index in [1.807, 2.05) is 0 Å². The van der Waals surface area contributed by atoms with Crippen LogP contribution >= 0.6 is 0 Å². The summed E-state index contributed by atoms with van der Waals surface area (Å²) in [6.45, 7) is -0.101. The molecule has 1 atom stereocenters. The van der Waals surface area contributed by atoms with Crippen LogP contribution in [0.2, 0.25) is 0 Å². The van der Waals surface area contributed by atoms with E-state index in [0.29, 0.717) is 39.6 Å². The van der Waals surface area contributed by atoms with E-state index >= 15 is 0 Å². The van der Waals surface area contributed by atoms with Gasteiger partial charge in [0.25, 0.3) is 11.8 Å². The van der Waals surface area contributed by atoms with Gasteiger partial charge < -0.3 is 19.7 Å². The number of aromatic nitrogens is 5. The molecule has 0 aliphatic carbocycles. The fourth-order valence-corrected chi connectivity index (χ4v) is 3.83. The number of amides is 2. The van der Waals surface area contributed by atoms with Crippen LogP contribution in [0.3, 0.4) is 0 Å². The van der Waals surface area contributed by atoms with E-state index in [-0.39, 0.29) is 30.6 Å². The Hall–Kier alpha value is -4.61. The van der Waals surface area contributed by atoms with Crippen LogP contribution in [0.4, 0.5) is 10.1 Å². The number of benzene rings is 2. The van der Waals surface area contributed by atoms with Crippen LogP contribution in [-0.4, -0.2) is 63.8 Å². The minimum Gasteiger partial charge on any atom is -0.489 e. The van der Waals surface area contributed by atoms with E-state index in [9.17, 15) is 14.0 Å². The van der Waals surface area contributed by atoms with Crippen LogP contribution in [0.5, 0.6) is 11.6 Å². The molecule has 4 aromatic rings. The molecule has 11 nitrogen and oxygen atoms in total. The summed E-state index contributed by atoms with van der Waals surface area (Å²) in [6.07, 6.45) is 1.64. The molecule has 2 aromatic heterocycles. The maximum atomic E-state index is 13.4. The Kier molecular flexibility index (Phi) is 5.69. The summed E-state index contributed by atoms with van der Waals surface area (Å²) in [6, 6.07) is 8.47. The third-order valence-corrected chi connectivity index (χ3v) is 5.57. The van der Waals surface area contributed by atoms with Gasteiger partial charge >= 0.3 is 0 Å². The lowest BCUT2D eigenvalue weighted by Gasteiger charge is -2.20. The number of nitrogens with one attached hydrogen (secondary N) is 2. The first-order valence-corrected chi connectivity index (χ1v) is 10.6. The lowest BCUT2D eigenvalue weighted by molar-refractivity contribution is -0.120. The van der Waals surface area contributed by atoms with Crippen molar-refractivity contribution in [1.29, 1.82) is 0 Å². The topological polar surface area (TPSA) is 135 Å². The summed E-state index contributed by atoms with van der Waals surface area (Å²) in [5.74, 6) is -0.355. The Morgan fingerprint density at radius 1 is 1.31 bits per heavy atom. The van der Waals surface area contributed by atoms with E-state index in [4.69, 9.17) is 9.47 Å². The molecular formula is C23H20FN7O4. The molecule has 0 saturated heterocycles. The van der Waals surface area contributed by atoms with Crippen LogP contribution in [0.1, 0.15) is 22.0 Å². The number of aromatic amines is 1. The van der Waals surface area contributed by atoms with Gasteiger partial charge in [0, 0.05) is 19.5 Å². The van der Waals surface area contributed by atoms with Crippen LogP contribution in [-0.2, 0) is 11.2 Å². The summed E-state index contributed by atoms with van der Waals surface area (Å²) in [5.41, 5.74) is 1.75. The van der Waals surface area contributed by atoms with Crippen molar-refractivity contribution in [1.82, 2.24) is 30.5 Å². The van der Waals surface area contributed by atoms with Crippen molar-refractivity contribution in [2.24, 2.45) is 0 Å². The van der Waals surface area contributed by atoms with E-state index < -0.39 is 11.9 Å². The summed E-state index contributed by atoms with van der Waals surface area (Å²) >= 11 is 0. The number of H-pyrrole nitrogens is 1. The van der Waals surface area contributed by atoms with Crippen molar-refractivity contribution in [3.05, 3.63) is 65.8 Å². The Morgan fingerprint density at radius 2 is 2.17 bits per heavy atom. The van der Waals surface area contributed by atoms with Gasteiger partial charge in [-0.3, -0.25) is 14.7 Å². The smallest absolute Gasteiger partial charge is 0.291 e. The van der Waals surface area contributed by atoms with Crippen LogP contribution in [0.15, 0.2) is 42.7 Å². The van der Waals surface area contributed by atoms with Gasteiger partial charge in [0.15, 0.2) is 0 Å². The zero-order valence-corrected chi connectivity index (χ0v) is 18.8. The summed E-state index contributed by atoms with van der Waals surface area (Å²) in [5, 5.41) is 9.84. The SMILES string of the molecule is COc1ncnc2cc3c(cc12)N(C)C(=O)[C@@H](NC(=O)c1n[nH]c(Cc2cccc(F)c2)n1)CO3. The quantitative estimate of drug-likeness (QED) is 0.443. The maximum absolute atomic E-state index is 13.4. The number of carbonyl (C=O) groups excluding carboxylic acids is 2. The van der Waals surface area contributed by atoms with Crippen LogP contribution < -0.4 is 19.7 Å². The molecule has 0 fully saturated rings. The molecule has 2 N–H and O–H groups in total. The highest BCUT2D eigenvalue weighted by Crippen LogP contribution is 2.36. The van der Waals surface area contributed by atoms with E-state index in [2.05, 4.69) is 30.5 Å². The van der Waals surface area contributed by atoms with Crippen molar-refractivity contribution >= 4 is 28.4 Å². The Balaban J connectivity index is 1.33. The molecule has 0 radical (unpaired) electrons. The molecule has 12 heteroatoms. The lowest BCUT2D eigenvalue weighted by Crippen LogP contribution is -2.49. The molecule has 2 aromatic carbocycles. The summed E-state index contributed by atoms with van der Waals surface area (Å²) in [4.78, 5) is 39.8. The third-order valence-electron chi connectivity index (χ3n) is 5.57. The second-order valence-corrected chi connectivity index (χ2v) is 7.87. The normalized spacial score (nSPS) is 15.3. The van der Waals surface area contributed by atoms with Crippen LogP contribution in [0, 0.1) is 5.82 Å². The molecule has 178 valence electrons. The third kappa shape index (κ3) is 4.33. The molecule has 0 unspecified atom stereocenters. The largest absolute Gasteiger partial charge is 0.489 e. The van der Waals surface area contributed by atoms with Crippen molar-refractivity contribution in [2.45, 2.75) is 12.5 Å². The first-order chi connectivity index (χ1) is 16.9. The maximum Gasteiger partial charge on any atom is 0.291 e. The number of ether oxygens (including phenoxy) is 2. The number of fused-ring (bicyclic) bond motifs is 2. The molecule has 5 rings (SSSR count). The van der Waals surface area contributed by atoms with Gasteiger partial charge in [0.05, 0.1) is 23.7 Å². The van der Waals surface area contributed by atoms with Gasteiger partial charge in [-0.1, -0.05) is 12.1 Å². The monoisotopic (exact) mass is 477 g/mol. The molecular weight excluding hydrogens is 457 g/mol. The second-order valence-electron chi connectivity index (χ2n) is 7.87. The van der Waals surface area contributed by atoms with Crippen molar-refractivity contribution in [3.8, 4) is 11.6 Å². The van der Waals surface area contributed by atoms with E-state index in [1.165, 1.54) is 30.5 Å². The number of anilines is 1. The molecule has 1 aliphatic heterocycles. The minimum absolute atomic E-state index is 0.101. The van der Waals surface area contributed by atoms with Crippen molar-refractivity contribution in [3.63, 3.8) is 0 Å². The number of likely N-dealkylation sites (N-methyl/N-ethyl adjacent to an activating group) is 1. The van der Waals surface area contributed by atoms with Gasteiger partial charge in [0.2, 0.25) is 11.7 Å². The number of methoxy groups -OCH3 is 1. The van der Waals surface area contributed by atoms with E-state index in [1.54, 1.807) is 31.3 Å². The Morgan fingerprint density at radius 3 is 2.97 bits per heavy atom. The van der Waals surface area contributed by atoms with Gasteiger partial charge in [-0.25, -0.2) is 19.3 Å². The molecule has 3 heterocycles.